The number of carbonyl (C=O) groups is 1. The summed E-state index contributed by atoms with van der Waals surface area (Å²) in [5, 5.41) is 0. The molecular formula is C11H8F2O2. The van der Waals surface area contributed by atoms with Crippen molar-refractivity contribution in [2.75, 3.05) is 0 Å². The molecule has 2 rings (SSSR count). The Hall–Kier alpha value is -1.71. The van der Waals surface area contributed by atoms with Crippen molar-refractivity contribution in [3.05, 3.63) is 41.5 Å². The first-order valence-corrected chi connectivity index (χ1v) is 4.45. The third kappa shape index (κ3) is 1.88. The quantitative estimate of drug-likeness (QED) is 0.665. The van der Waals surface area contributed by atoms with Gasteiger partial charge in [0.15, 0.2) is 0 Å². The number of esters is 1. The molecule has 0 aromatic heterocycles. The number of rotatable bonds is 1. The number of halogens is 2. The van der Waals surface area contributed by atoms with Crippen LogP contribution in [0, 0.1) is 11.6 Å². The summed E-state index contributed by atoms with van der Waals surface area (Å²) >= 11 is 0. The highest BCUT2D eigenvalue weighted by Crippen LogP contribution is 2.26. The summed E-state index contributed by atoms with van der Waals surface area (Å²) in [6.45, 7) is 1.65. The summed E-state index contributed by atoms with van der Waals surface area (Å²) in [6.07, 6.45) is 0.789. The summed E-state index contributed by atoms with van der Waals surface area (Å²) in [4.78, 5) is 10.9. The predicted octanol–water partition coefficient (Wildman–Crippen LogP) is 2.29. The average molecular weight is 210 g/mol. The second-order valence-corrected chi connectivity index (χ2v) is 3.34. The van der Waals surface area contributed by atoms with Crippen molar-refractivity contribution >= 4 is 11.5 Å². The average Bonchev–Trinajstić information content (AvgIpc) is 2.43. The zero-order valence-corrected chi connectivity index (χ0v) is 7.96. The number of ether oxygens (including phenoxy) is 1. The largest absolute Gasteiger partial charge is 0.455 e. The molecule has 0 N–H and O–H groups in total. The Balaban J connectivity index is 2.46. The number of benzene rings is 1. The molecule has 1 aromatic rings. The zero-order chi connectivity index (χ0) is 11.0. The molecule has 1 aliphatic rings. The van der Waals surface area contributed by atoms with E-state index in [1.165, 1.54) is 18.2 Å². The molecule has 1 heterocycles. The third-order valence-electron chi connectivity index (χ3n) is 2.20. The Kier molecular flexibility index (Phi) is 2.26. The lowest BCUT2D eigenvalue weighted by Gasteiger charge is -2.08. The molecule has 0 amide bonds. The SMILES string of the molecule is CC1OC(=O)C=C1c1cc(F)cc(F)c1. The summed E-state index contributed by atoms with van der Waals surface area (Å²) < 4.78 is 30.7. The Morgan fingerprint density at radius 3 is 2.27 bits per heavy atom. The monoisotopic (exact) mass is 210 g/mol. The fraction of sp³-hybridized carbons (Fsp3) is 0.182. The van der Waals surface area contributed by atoms with Gasteiger partial charge in [-0.05, 0) is 24.6 Å². The molecule has 15 heavy (non-hydrogen) atoms. The fourth-order valence-corrected chi connectivity index (χ4v) is 1.55. The van der Waals surface area contributed by atoms with Gasteiger partial charge in [0.2, 0.25) is 0 Å². The minimum atomic E-state index is -0.669. The second kappa shape index (κ2) is 3.46. The first kappa shape index (κ1) is 9.83. The van der Waals surface area contributed by atoms with Crippen molar-refractivity contribution in [3.63, 3.8) is 0 Å². The first-order chi connectivity index (χ1) is 7.06. The summed E-state index contributed by atoms with van der Waals surface area (Å²) in [5.41, 5.74) is 0.837. The Bertz CT molecular complexity index is 432. The van der Waals surface area contributed by atoms with E-state index >= 15 is 0 Å². The van der Waals surface area contributed by atoms with Crippen LogP contribution in [-0.4, -0.2) is 12.1 Å². The van der Waals surface area contributed by atoms with Crippen molar-refractivity contribution in [2.24, 2.45) is 0 Å². The van der Waals surface area contributed by atoms with Crippen LogP contribution >= 0.6 is 0 Å². The van der Waals surface area contributed by atoms with Crippen LogP contribution < -0.4 is 0 Å². The molecule has 0 fully saturated rings. The van der Waals surface area contributed by atoms with Crippen LogP contribution in [0.5, 0.6) is 0 Å². The maximum atomic E-state index is 12.9. The van der Waals surface area contributed by atoms with E-state index in [0.717, 1.165) is 6.07 Å². The van der Waals surface area contributed by atoms with Crippen molar-refractivity contribution in [3.8, 4) is 0 Å². The third-order valence-corrected chi connectivity index (χ3v) is 2.20. The summed E-state index contributed by atoms with van der Waals surface area (Å²) in [6, 6.07) is 3.13. The van der Waals surface area contributed by atoms with Gasteiger partial charge in [-0.3, -0.25) is 0 Å². The Morgan fingerprint density at radius 1 is 1.20 bits per heavy atom. The highest BCUT2D eigenvalue weighted by atomic mass is 19.1. The molecule has 0 radical (unpaired) electrons. The van der Waals surface area contributed by atoms with Gasteiger partial charge in [-0.1, -0.05) is 0 Å². The maximum Gasteiger partial charge on any atom is 0.331 e. The highest BCUT2D eigenvalue weighted by molar-refractivity contribution is 5.96. The van der Waals surface area contributed by atoms with Gasteiger partial charge in [0.25, 0.3) is 0 Å². The summed E-state index contributed by atoms with van der Waals surface area (Å²) in [7, 11) is 0. The van der Waals surface area contributed by atoms with Crippen LogP contribution in [0.15, 0.2) is 24.3 Å². The highest BCUT2D eigenvalue weighted by Gasteiger charge is 2.23. The van der Waals surface area contributed by atoms with E-state index in [9.17, 15) is 13.6 Å². The van der Waals surface area contributed by atoms with E-state index in [1.807, 2.05) is 0 Å². The van der Waals surface area contributed by atoms with E-state index in [4.69, 9.17) is 4.74 Å². The Labute approximate surface area is 85.2 Å². The van der Waals surface area contributed by atoms with Crippen LogP contribution in [0.1, 0.15) is 12.5 Å². The summed E-state index contributed by atoms with van der Waals surface area (Å²) in [5.74, 6) is -1.82. The van der Waals surface area contributed by atoms with Gasteiger partial charge in [-0.2, -0.15) is 0 Å². The van der Waals surface area contributed by atoms with Crippen LogP contribution in [0.2, 0.25) is 0 Å². The van der Waals surface area contributed by atoms with Gasteiger partial charge in [-0.25, -0.2) is 13.6 Å². The van der Waals surface area contributed by atoms with Gasteiger partial charge >= 0.3 is 5.97 Å². The molecular weight excluding hydrogens is 202 g/mol. The predicted molar refractivity (Wildman–Crippen MR) is 49.9 cm³/mol. The van der Waals surface area contributed by atoms with E-state index in [2.05, 4.69) is 0 Å². The molecule has 2 nitrogen and oxygen atoms in total. The van der Waals surface area contributed by atoms with Gasteiger partial charge in [0.05, 0.1) is 0 Å². The van der Waals surface area contributed by atoms with Crippen LogP contribution in [0.4, 0.5) is 8.78 Å². The minimum Gasteiger partial charge on any atom is -0.455 e. The topological polar surface area (TPSA) is 26.3 Å². The normalized spacial score (nSPS) is 20.1. The molecule has 0 saturated heterocycles. The van der Waals surface area contributed by atoms with Crippen molar-refractivity contribution in [1.29, 1.82) is 0 Å². The number of carbonyl (C=O) groups excluding carboxylic acids is 1. The van der Waals surface area contributed by atoms with Crippen LogP contribution in [-0.2, 0) is 9.53 Å². The molecule has 0 spiro atoms. The lowest BCUT2D eigenvalue weighted by molar-refractivity contribution is -0.137. The molecule has 1 aromatic carbocycles. The molecule has 1 atom stereocenters. The molecule has 4 heteroatoms. The van der Waals surface area contributed by atoms with Crippen LogP contribution in [0.25, 0.3) is 5.57 Å². The molecule has 78 valence electrons. The van der Waals surface area contributed by atoms with Crippen molar-refractivity contribution < 1.29 is 18.3 Å². The zero-order valence-electron chi connectivity index (χ0n) is 7.96. The number of cyclic esters (lactones) is 1. The smallest absolute Gasteiger partial charge is 0.331 e. The van der Waals surface area contributed by atoms with E-state index in [-0.39, 0.29) is 0 Å². The van der Waals surface area contributed by atoms with Crippen molar-refractivity contribution in [2.45, 2.75) is 13.0 Å². The van der Waals surface area contributed by atoms with Crippen molar-refractivity contribution in [1.82, 2.24) is 0 Å². The molecule has 0 bridgehead atoms. The number of hydrogen-bond donors (Lipinski definition) is 0. The maximum absolute atomic E-state index is 12.9. The molecule has 1 aliphatic heterocycles. The van der Waals surface area contributed by atoms with Gasteiger partial charge in [0, 0.05) is 17.7 Å². The van der Waals surface area contributed by atoms with Gasteiger partial charge < -0.3 is 4.74 Å². The lowest BCUT2D eigenvalue weighted by atomic mass is 10.0. The Morgan fingerprint density at radius 2 is 1.80 bits per heavy atom. The standard InChI is InChI=1S/C11H8F2O2/c1-6-10(5-11(14)15-6)7-2-8(12)4-9(13)3-7/h2-6H,1H3. The van der Waals surface area contributed by atoms with E-state index in [1.54, 1.807) is 6.92 Å². The first-order valence-electron chi connectivity index (χ1n) is 4.45. The van der Waals surface area contributed by atoms with E-state index in [0.29, 0.717) is 11.1 Å². The van der Waals surface area contributed by atoms with Gasteiger partial charge in [0.1, 0.15) is 17.7 Å². The van der Waals surface area contributed by atoms with Crippen LogP contribution in [0.3, 0.4) is 0 Å². The molecule has 0 saturated carbocycles. The minimum absolute atomic E-state index is 0.339. The lowest BCUT2D eigenvalue weighted by Crippen LogP contribution is -2.05. The molecule has 1 unspecified atom stereocenters. The van der Waals surface area contributed by atoms with E-state index < -0.39 is 23.7 Å². The van der Waals surface area contributed by atoms with Gasteiger partial charge in [-0.15, -0.1) is 0 Å². The molecule has 0 aliphatic carbocycles. The second-order valence-electron chi connectivity index (χ2n) is 3.34. The number of hydrogen-bond acceptors (Lipinski definition) is 2. The fourth-order valence-electron chi connectivity index (χ4n) is 1.55.